The molecule has 1 aromatic carbocycles. The zero-order valence-electron chi connectivity index (χ0n) is 12.1. The Morgan fingerprint density at radius 1 is 1.35 bits per heavy atom. The van der Waals surface area contributed by atoms with E-state index in [0.717, 1.165) is 5.39 Å². The van der Waals surface area contributed by atoms with Crippen LogP contribution in [0.25, 0.3) is 16.5 Å². The van der Waals surface area contributed by atoms with Crippen molar-refractivity contribution in [1.29, 1.82) is 0 Å². The van der Waals surface area contributed by atoms with Gasteiger partial charge in [-0.05, 0) is 38.5 Å². The third-order valence-corrected chi connectivity index (χ3v) is 2.83. The quantitative estimate of drug-likeness (QED) is 0.799. The maximum absolute atomic E-state index is 12.0. The first-order chi connectivity index (χ1) is 9.43. The average Bonchev–Trinajstić information content (AvgIpc) is 2.35. The van der Waals surface area contributed by atoms with Crippen molar-refractivity contribution in [3.8, 4) is 11.5 Å². The molecule has 0 aliphatic carbocycles. The second-order valence-electron chi connectivity index (χ2n) is 4.90. The van der Waals surface area contributed by atoms with E-state index in [1.54, 1.807) is 13.0 Å². The summed E-state index contributed by atoms with van der Waals surface area (Å²) >= 11 is 0. The molecule has 0 N–H and O–H groups in total. The number of fused-ring (bicyclic) bond motifs is 1. The summed E-state index contributed by atoms with van der Waals surface area (Å²) in [4.78, 5) is 12.0. The second kappa shape index (κ2) is 5.41. The van der Waals surface area contributed by atoms with Crippen LogP contribution >= 0.6 is 0 Å². The molecule has 0 aliphatic rings. The molecular weight excluding hydrogens is 256 g/mol. The zero-order valence-corrected chi connectivity index (χ0v) is 12.1. The molecule has 2 aromatic rings. The molecule has 0 saturated heterocycles. The van der Waals surface area contributed by atoms with Crippen LogP contribution in [0.15, 0.2) is 34.0 Å². The standard InChI is InChI=1S/C16H18O4/c1-9(2)14-15(18-5)12-7-6-11(19-10(3)4)8-13(12)20-16(14)17/h6-8,10H,1H2,2-5H3. The highest BCUT2D eigenvalue weighted by atomic mass is 16.5. The van der Waals surface area contributed by atoms with E-state index in [4.69, 9.17) is 13.9 Å². The molecule has 4 heteroatoms. The number of hydrogen-bond donors (Lipinski definition) is 0. The maximum atomic E-state index is 12.0. The molecule has 106 valence electrons. The van der Waals surface area contributed by atoms with Gasteiger partial charge in [-0.3, -0.25) is 0 Å². The highest BCUT2D eigenvalue weighted by Gasteiger charge is 2.16. The Balaban J connectivity index is 2.71. The summed E-state index contributed by atoms with van der Waals surface area (Å²) in [5.74, 6) is 1.14. The summed E-state index contributed by atoms with van der Waals surface area (Å²) in [6.07, 6.45) is 0.0516. The van der Waals surface area contributed by atoms with Crippen molar-refractivity contribution in [2.45, 2.75) is 26.9 Å². The molecule has 1 aromatic heterocycles. The Morgan fingerprint density at radius 2 is 2.05 bits per heavy atom. The fraction of sp³-hybridized carbons (Fsp3) is 0.312. The molecule has 0 saturated carbocycles. The summed E-state index contributed by atoms with van der Waals surface area (Å²) in [7, 11) is 1.53. The fourth-order valence-corrected chi connectivity index (χ4v) is 2.08. The topological polar surface area (TPSA) is 48.7 Å². The predicted octanol–water partition coefficient (Wildman–Crippen LogP) is 3.62. The summed E-state index contributed by atoms with van der Waals surface area (Å²) in [6.45, 7) is 9.41. The molecule has 0 atom stereocenters. The van der Waals surface area contributed by atoms with Crippen LogP contribution in [-0.4, -0.2) is 13.2 Å². The van der Waals surface area contributed by atoms with Gasteiger partial charge in [-0.2, -0.15) is 0 Å². The summed E-state index contributed by atoms with van der Waals surface area (Å²) in [6, 6.07) is 5.34. The minimum atomic E-state index is -0.455. The average molecular weight is 274 g/mol. The van der Waals surface area contributed by atoms with Gasteiger partial charge in [0.2, 0.25) is 0 Å². The molecule has 1 heterocycles. The first kappa shape index (κ1) is 14.2. The van der Waals surface area contributed by atoms with Gasteiger partial charge in [0.1, 0.15) is 22.6 Å². The summed E-state index contributed by atoms with van der Waals surface area (Å²) in [5.41, 5.74) is 0.969. The van der Waals surface area contributed by atoms with E-state index in [1.807, 2.05) is 26.0 Å². The Kier molecular flexibility index (Phi) is 3.84. The predicted molar refractivity (Wildman–Crippen MR) is 79.5 cm³/mol. The number of benzene rings is 1. The van der Waals surface area contributed by atoms with Crippen LogP contribution in [0.4, 0.5) is 0 Å². The van der Waals surface area contributed by atoms with E-state index >= 15 is 0 Å². The van der Waals surface area contributed by atoms with E-state index in [9.17, 15) is 4.79 Å². The van der Waals surface area contributed by atoms with Crippen molar-refractivity contribution in [2.75, 3.05) is 7.11 Å². The Hall–Kier alpha value is -2.23. The lowest BCUT2D eigenvalue weighted by atomic mass is 10.1. The molecule has 2 rings (SSSR count). The first-order valence-electron chi connectivity index (χ1n) is 6.41. The largest absolute Gasteiger partial charge is 0.495 e. The lowest BCUT2D eigenvalue weighted by molar-refractivity contribution is 0.242. The fourth-order valence-electron chi connectivity index (χ4n) is 2.08. The van der Waals surface area contributed by atoms with Crippen molar-refractivity contribution in [3.05, 3.63) is 40.8 Å². The number of ether oxygens (including phenoxy) is 2. The lowest BCUT2D eigenvalue weighted by Gasteiger charge is -2.12. The summed E-state index contributed by atoms with van der Waals surface area (Å²) < 4.78 is 16.3. The van der Waals surface area contributed by atoms with Crippen molar-refractivity contribution in [3.63, 3.8) is 0 Å². The number of methoxy groups -OCH3 is 1. The molecule has 0 amide bonds. The van der Waals surface area contributed by atoms with Crippen LogP contribution in [0.5, 0.6) is 11.5 Å². The van der Waals surface area contributed by atoms with Gasteiger partial charge in [0.05, 0.1) is 18.6 Å². The lowest BCUT2D eigenvalue weighted by Crippen LogP contribution is -2.09. The molecule has 4 nitrogen and oxygen atoms in total. The highest BCUT2D eigenvalue weighted by Crippen LogP contribution is 2.32. The van der Waals surface area contributed by atoms with Crippen LogP contribution < -0.4 is 15.1 Å². The van der Waals surface area contributed by atoms with Gasteiger partial charge in [0.15, 0.2) is 0 Å². The highest BCUT2D eigenvalue weighted by molar-refractivity contribution is 5.89. The van der Waals surface area contributed by atoms with E-state index in [-0.39, 0.29) is 6.10 Å². The molecule has 0 spiro atoms. The van der Waals surface area contributed by atoms with Crippen molar-refractivity contribution < 1.29 is 13.9 Å². The monoisotopic (exact) mass is 274 g/mol. The minimum Gasteiger partial charge on any atom is -0.495 e. The molecule has 20 heavy (non-hydrogen) atoms. The Morgan fingerprint density at radius 3 is 2.60 bits per heavy atom. The SMILES string of the molecule is C=C(C)c1c(OC)c2ccc(OC(C)C)cc2oc1=O. The second-order valence-corrected chi connectivity index (χ2v) is 4.90. The summed E-state index contributed by atoms with van der Waals surface area (Å²) in [5, 5.41) is 0.723. The molecule has 0 fully saturated rings. The number of rotatable bonds is 4. The van der Waals surface area contributed by atoms with Crippen LogP contribution in [0, 0.1) is 0 Å². The molecule has 0 unspecified atom stereocenters. The molecular formula is C16H18O4. The van der Waals surface area contributed by atoms with Gasteiger partial charge >= 0.3 is 5.63 Å². The van der Waals surface area contributed by atoms with Crippen LogP contribution in [0.3, 0.4) is 0 Å². The third-order valence-electron chi connectivity index (χ3n) is 2.83. The van der Waals surface area contributed by atoms with Gasteiger partial charge in [0, 0.05) is 6.07 Å². The zero-order chi connectivity index (χ0) is 14.9. The van der Waals surface area contributed by atoms with E-state index in [2.05, 4.69) is 6.58 Å². The van der Waals surface area contributed by atoms with Crippen molar-refractivity contribution >= 4 is 16.5 Å². The van der Waals surface area contributed by atoms with E-state index in [1.165, 1.54) is 7.11 Å². The van der Waals surface area contributed by atoms with Gasteiger partial charge in [-0.1, -0.05) is 6.58 Å². The minimum absolute atomic E-state index is 0.0516. The Bertz CT molecular complexity index is 710. The van der Waals surface area contributed by atoms with Gasteiger partial charge < -0.3 is 13.9 Å². The maximum Gasteiger partial charge on any atom is 0.347 e. The van der Waals surface area contributed by atoms with Gasteiger partial charge in [-0.15, -0.1) is 0 Å². The normalized spacial score (nSPS) is 10.8. The number of hydrogen-bond acceptors (Lipinski definition) is 4. The van der Waals surface area contributed by atoms with Crippen LogP contribution in [0.2, 0.25) is 0 Å². The smallest absolute Gasteiger partial charge is 0.347 e. The van der Waals surface area contributed by atoms with Gasteiger partial charge in [-0.25, -0.2) is 4.79 Å². The van der Waals surface area contributed by atoms with E-state index < -0.39 is 5.63 Å². The van der Waals surface area contributed by atoms with E-state index in [0.29, 0.717) is 28.2 Å². The third kappa shape index (κ3) is 2.54. The Labute approximate surface area is 117 Å². The van der Waals surface area contributed by atoms with Crippen molar-refractivity contribution in [2.24, 2.45) is 0 Å². The van der Waals surface area contributed by atoms with Gasteiger partial charge in [0.25, 0.3) is 0 Å². The first-order valence-corrected chi connectivity index (χ1v) is 6.41. The van der Waals surface area contributed by atoms with Crippen molar-refractivity contribution in [1.82, 2.24) is 0 Å². The molecule has 0 bridgehead atoms. The molecule has 0 radical (unpaired) electrons. The van der Waals surface area contributed by atoms with Crippen LogP contribution in [-0.2, 0) is 0 Å². The van der Waals surface area contributed by atoms with Crippen LogP contribution in [0.1, 0.15) is 26.3 Å². The molecule has 0 aliphatic heterocycles. The number of allylic oxidation sites excluding steroid dienone is 1.